The van der Waals surface area contributed by atoms with Gasteiger partial charge in [0.25, 0.3) is 0 Å². The summed E-state index contributed by atoms with van der Waals surface area (Å²) >= 11 is 3.33. The first-order valence-corrected chi connectivity index (χ1v) is 9.29. The lowest BCUT2D eigenvalue weighted by Crippen LogP contribution is -2.40. The maximum Gasteiger partial charge on any atom is 0.309 e. The van der Waals surface area contributed by atoms with E-state index in [4.69, 9.17) is 4.74 Å². The van der Waals surface area contributed by atoms with Crippen LogP contribution in [0, 0.1) is 17.8 Å². The summed E-state index contributed by atoms with van der Waals surface area (Å²) in [7, 11) is 0. The third-order valence-electron chi connectivity index (χ3n) is 5.17. The van der Waals surface area contributed by atoms with Gasteiger partial charge in [-0.1, -0.05) is 34.5 Å². The number of fused-ring (bicyclic) bond motifs is 2. The quantitative estimate of drug-likeness (QED) is 0.574. The lowest BCUT2D eigenvalue weighted by molar-refractivity contribution is -0.155. The van der Waals surface area contributed by atoms with Crippen LogP contribution in [0.3, 0.4) is 0 Å². The van der Waals surface area contributed by atoms with Gasteiger partial charge in [0, 0.05) is 21.9 Å². The van der Waals surface area contributed by atoms with Crippen molar-refractivity contribution < 1.29 is 19.1 Å². The minimum atomic E-state index is -0.809. The van der Waals surface area contributed by atoms with Crippen molar-refractivity contribution in [3.05, 3.63) is 34.3 Å². The zero-order valence-corrected chi connectivity index (χ0v) is 15.3. The second-order valence-corrected chi connectivity index (χ2v) is 7.76. The SMILES string of the molecule is C[C@@H](OC(=O)C1C[C@H]2CCC[C@@H](C1)C2=O)C(=O)c1ccc(Br)cc1. The Morgan fingerprint density at radius 3 is 2.29 bits per heavy atom. The van der Waals surface area contributed by atoms with Crippen LogP contribution in [0.25, 0.3) is 0 Å². The first-order valence-electron chi connectivity index (χ1n) is 8.49. The number of benzene rings is 1. The van der Waals surface area contributed by atoms with Crippen molar-refractivity contribution in [1.29, 1.82) is 0 Å². The van der Waals surface area contributed by atoms with E-state index in [1.165, 1.54) is 0 Å². The highest BCUT2D eigenvalue weighted by molar-refractivity contribution is 9.10. The predicted molar refractivity (Wildman–Crippen MR) is 92.6 cm³/mol. The van der Waals surface area contributed by atoms with Crippen LogP contribution in [-0.4, -0.2) is 23.6 Å². The average molecular weight is 393 g/mol. The van der Waals surface area contributed by atoms with E-state index in [1.807, 2.05) is 0 Å². The molecule has 5 heteroatoms. The van der Waals surface area contributed by atoms with Gasteiger partial charge < -0.3 is 4.74 Å². The minimum Gasteiger partial charge on any atom is -0.454 e. The summed E-state index contributed by atoms with van der Waals surface area (Å²) < 4.78 is 6.32. The second kappa shape index (κ2) is 7.18. The molecule has 0 saturated heterocycles. The molecule has 0 aliphatic heterocycles. The van der Waals surface area contributed by atoms with Crippen molar-refractivity contribution in [2.45, 2.75) is 45.1 Å². The number of Topliss-reactive ketones (excluding diaryl/α,β-unsaturated/α-hetero) is 2. The van der Waals surface area contributed by atoms with Gasteiger partial charge in [-0.2, -0.15) is 0 Å². The molecule has 24 heavy (non-hydrogen) atoms. The molecular formula is C19H21BrO4. The topological polar surface area (TPSA) is 60.4 Å². The standard InChI is InChI=1S/C19H21BrO4/c1-11(17(21)12-5-7-16(20)8-6-12)24-19(23)15-9-13-3-2-4-14(10-15)18(13)22/h5-8,11,13-15H,2-4,9-10H2,1H3/t11-,13-,14+,15?/m1/s1. The second-order valence-electron chi connectivity index (χ2n) is 6.85. The molecule has 0 radical (unpaired) electrons. The number of halogens is 1. The molecule has 4 atom stereocenters. The molecular weight excluding hydrogens is 372 g/mol. The van der Waals surface area contributed by atoms with Crippen LogP contribution in [0.15, 0.2) is 28.7 Å². The Morgan fingerprint density at radius 1 is 1.12 bits per heavy atom. The zero-order valence-electron chi connectivity index (χ0n) is 13.7. The summed E-state index contributed by atoms with van der Waals surface area (Å²) in [6.07, 6.45) is 3.18. The summed E-state index contributed by atoms with van der Waals surface area (Å²) in [5, 5.41) is 0. The molecule has 1 aromatic rings. The highest BCUT2D eigenvalue weighted by Crippen LogP contribution is 2.40. The van der Waals surface area contributed by atoms with Gasteiger partial charge in [-0.15, -0.1) is 0 Å². The summed E-state index contributed by atoms with van der Waals surface area (Å²) in [6, 6.07) is 6.99. The van der Waals surface area contributed by atoms with Crippen LogP contribution in [0.4, 0.5) is 0 Å². The van der Waals surface area contributed by atoms with Crippen molar-refractivity contribution in [1.82, 2.24) is 0 Å². The molecule has 2 fully saturated rings. The Hall–Kier alpha value is -1.49. The van der Waals surface area contributed by atoms with Crippen LogP contribution in [0.2, 0.25) is 0 Å². The van der Waals surface area contributed by atoms with Gasteiger partial charge in [-0.25, -0.2) is 0 Å². The van der Waals surface area contributed by atoms with Crippen molar-refractivity contribution in [3.63, 3.8) is 0 Å². The largest absolute Gasteiger partial charge is 0.454 e. The molecule has 0 amide bonds. The molecule has 1 unspecified atom stereocenters. The Balaban J connectivity index is 1.61. The number of ketones is 2. The van der Waals surface area contributed by atoms with Crippen molar-refractivity contribution in [2.24, 2.45) is 17.8 Å². The van der Waals surface area contributed by atoms with Crippen molar-refractivity contribution >= 4 is 33.5 Å². The summed E-state index contributed by atoms with van der Waals surface area (Å²) in [5.74, 6) is -0.456. The normalized spacial score (nSPS) is 27.4. The average Bonchev–Trinajstić information content (AvgIpc) is 2.54. The van der Waals surface area contributed by atoms with Gasteiger partial charge in [0.2, 0.25) is 5.78 Å². The summed E-state index contributed by atoms with van der Waals surface area (Å²) in [5.41, 5.74) is 0.522. The van der Waals surface area contributed by atoms with Gasteiger partial charge in [0.15, 0.2) is 6.10 Å². The maximum absolute atomic E-state index is 12.4. The number of ether oxygens (including phenoxy) is 1. The van der Waals surface area contributed by atoms with Gasteiger partial charge in [-0.05, 0) is 44.7 Å². The molecule has 0 aromatic heterocycles. The van der Waals surface area contributed by atoms with Gasteiger partial charge in [-0.3, -0.25) is 14.4 Å². The van der Waals surface area contributed by atoms with Gasteiger partial charge >= 0.3 is 5.97 Å². The number of carbonyl (C=O) groups is 3. The van der Waals surface area contributed by atoms with E-state index in [0.717, 1.165) is 23.7 Å². The van der Waals surface area contributed by atoms with Crippen LogP contribution in [-0.2, 0) is 14.3 Å². The Bertz CT molecular complexity index is 636. The molecule has 128 valence electrons. The Kier molecular flexibility index (Phi) is 5.18. The molecule has 0 heterocycles. The third kappa shape index (κ3) is 3.61. The first-order chi connectivity index (χ1) is 11.5. The van der Waals surface area contributed by atoms with E-state index in [1.54, 1.807) is 31.2 Å². The Morgan fingerprint density at radius 2 is 1.71 bits per heavy atom. The molecule has 2 aliphatic carbocycles. The maximum atomic E-state index is 12.4. The molecule has 2 saturated carbocycles. The highest BCUT2D eigenvalue weighted by Gasteiger charge is 2.42. The smallest absolute Gasteiger partial charge is 0.309 e. The Labute approximate surface area is 150 Å². The van der Waals surface area contributed by atoms with E-state index >= 15 is 0 Å². The number of hydrogen-bond donors (Lipinski definition) is 0. The molecule has 0 N–H and O–H groups in total. The summed E-state index contributed by atoms with van der Waals surface area (Å²) in [6.45, 7) is 1.61. The third-order valence-corrected chi connectivity index (χ3v) is 5.70. The number of esters is 1. The van der Waals surface area contributed by atoms with Crippen molar-refractivity contribution in [3.8, 4) is 0 Å². The van der Waals surface area contributed by atoms with E-state index in [2.05, 4.69) is 15.9 Å². The highest BCUT2D eigenvalue weighted by atomic mass is 79.9. The molecule has 3 rings (SSSR count). The predicted octanol–water partition coefficient (Wildman–Crippen LogP) is 3.96. The summed E-state index contributed by atoms with van der Waals surface area (Å²) in [4.78, 5) is 36.9. The lowest BCUT2D eigenvalue weighted by atomic mass is 9.67. The van der Waals surface area contributed by atoms with Gasteiger partial charge in [0.05, 0.1) is 5.92 Å². The van der Waals surface area contributed by atoms with Gasteiger partial charge in [0.1, 0.15) is 5.78 Å². The van der Waals surface area contributed by atoms with E-state index in [9.17, 15) is 14.4 Å². The van der Waals surface area contributed by atoms with E-state index < -0.39 is 6.10 Å². The van der Waals surface area contributed by atoms with Crippen LogP contribution in [0.1, 0.15) is 49.4 Å². The molecule has 2 bridgehead atoms. The zero-order chi connectivity index (χ0) is 17.3. The van der Waals surface area contributed by atoms with Crippen LogP contribution in [0.5, 0.6) is 0 Å². The number of hydrogen-bond acceptors (Lipinski definition) is 4. The fourth-order valence-corrected chi connectivity index (χ4v) is 4.11. The van der Waals surface area contributed by atoms with Crippen molar-refractivity contribution in [2.75, 3.05) is 0 Å². The molecule has 4 nitrogen and oxygen atoms in total. The fraction of sp³-hybridized carbons (Fsp3) is 0.526. The van der Waals surface area contributed by atoms with E-state index in [-0.39, 0.29) is 29.5 Å². The first kappa shape index (κ1) is 17.3. The fourth-order valence-electron chi connectivity index (χ4n) is 3.84. The molecule has 1 aromatic carbocycles. The number of carbonyl (C=O) groups excluding carboxylic acids is 3. The monoisotopic (exact) mass is 392 g/mol. The van der Waals surface area contributed by atoms with Crippen LogP contribution < -0.4 is 0 Å². The van der Waals surface area contributed by atoms with E-state index in [0.29, 0.717) is 24.2 Å². The lowest BCUT2D eigenvalue weighted by Gasteiger charge is -2.36. The molecule has 0 spiro atoms. The molecule has 2 aliphatic rings. The number of rotatable bonds is 4. The van der Waals surface area contributed by atoms with Crippen LogP contribution >= 0.6 is 15.9 Å². The minimum absolute atomic E-state index is 0.00697.